The lowest BCUT2D eigenvalue weighted by molar-refractivity contribution is -0.137. The van der Waals surface area contributed by atoms with Crippen LogP contribution in [-0.4, -0.2) is 67.1 Å². The van der Waals surface area contributed by atoms with Crippen molar-refractivity contribution in [2.45, 2.75) is 25.7 Å². The average Bonchev–Trinajstić information content (AvgIpc) is 3.33. The first-order valence-electron chi connectivity index (χ1n) is 9.26. The number of fused-ring (bicyclic) bond motifs is 1. The van der Waals surface area contributed by atoms with Crippen LogP contribution in [0.15, 0.2) is 24.7 Å². The van der Waals surface area contributed by atoms with Gasteiger partial charge in [0.1, 0.15) is 17.1 Å². The Morgan fingerprint density at radius 2 is 2.06 bits per heavy atom. The van der Waals surface area contributed by atoms with Crippen molar-refractivity contribution < 1.29 is 27.9 Å². The summed E-state index contributed by atoms with van der Waals surface area (Å²) in [6, 6.07) is 3.19. The van der Waals surface area contributed by atoms with Crippen molar-refractivity contribution >= 4 is 39.4 Å². The molecule has 1 atom stereocenters. The molecule has 0 bridgehead atoms. The van der Waals surface area contributed by atoms with Gasteiger partial charge in [0.05, 0.1) is 6.33 Å². The van der Waals surface area contributed by atoms with Gasteiger partial charge in [-0.05, 0) is 19.1 Å². The molecule has 1 fully saturated rings. The summed E-state index contributed by atoms with van der Waals surface area (Å²) in [5.74, 6) is -1.71. The number of aromatic nitrogens is 4. The lowest BCUT2D eigenvalue weighted by atomic mass is 10.2. The molecule has 0 spiro atoms. The Hall–Kier alpha value is -3.22. The molecule has 13 heteroatoms. The van der Waals surface area contributed by atoms with Crippen LogP contribution < -0.4 is 4.90 Å². The number of carbonyl (C=O) groups is 2. The van der Waals surface area contributed by atoms with Gasteiger partial charge in [-0.1, -0.05) is 11.3 Å². The second-order valence-electron chi connectivity index (χ2n) is 7.08. The summed E-state index contributed by atoms with van der Waals surface area (Å²) in [6.45, 7) is 2.41. The first-order valence-corrected chi connectivity index (χ1v) is 10.1. The highest BCUT2D eigenvalue weighted by Crippen LogP contribution is 2.39. The van der Waals surface area contributed by atoms with Crippen LogP contribution in [0.5, 0.6) is 0 Å². The topological polar surface area (TPSA) is 104 Å². The van der Waals surface area contributed by atoms with Gasteiger partial charge in [0.25, 0.3) is 0 Å². The molecular formula is C18H17F3N6O3S. The highest BCUT2D eigenvalue weighted by Gasteiger charge is 2.39. The molecule has 164 valence electrons. The van der Waals surface area contributed by atoms with E-state index < -0.39 is 22.8 Å². The van der Waals surface area contributed by atoms with Crippen LogP contribution >= 0.6 is 11.3 Å². The Bertz CT molecular complexity index is 1140. The molecule has 1 aliphatic heterocycles. The van der Waals surface area contributed by atoms with Gasteiger partial charge in [0.2, 0.25) is 10.9 Å². The van der Waals surface area contributed by atoms with E-state index in [1.54, 1.807) is 39.6 Å². The number of alkyl halides is 3. The number of carboxylic acids is 1. The zero-order valence-corrected chi connectivity index (χ0v) is 17.0. The van der Waals surface area contributed by atoms with Crippen molar-refractivity contribution in [3.05, 3.63) is 35.4 Å². The SMILES string of the molecule is C[C@@H]1CN(c2sc(C(F)(F)F)nc2C(=O)O)CCN1C(=O)Cn1cnc2cccnc21. The predicted octanol–water partition coefficient (Wildman–Crippen LogP) is 2.34. The van der Waals surface area contributed by atoms with E-state index in [4.69, 9.17) is 0 Å². The third-order valence-electron chi connectivity index (χ3n) is 4.97. The molecule has 0 radical (unpaired) electrons. The van der Waals surface area contributed by atoms with Crippen molar-refractivity contribution in [1.29, 1.82) is 0 Å². The second-order valence-corrected chi connectivity index (χ2v) is 8.05. The van der Waals surface area contributed by atoms with E-state index >= 15 is 0 Å². The minimum Gasteiger partial charge on any atom is -0.476 e. The van der Waals surface area contributed by atoms with Crippen LogP contribution in [0.2, 0.25) is 0 Å². The Labute approximate surface area is 177 Å². The highest BCUT2D eigenvalue weighted by atomic mass is 32.1. The molecule has 0 aromatic carbocycles. The number of carbonyl (C=O) groups excluding carboxylic acids is 1. The first-order chi connectivity index (χ1) is 14.6. The number of rotatable bonds is 4. The van der Waals surface area contributed by atoms with Crippen LogP contribution in [0.3, 0.4) is 0 Å². The molecular weight excluding hydrogens is 437 g/mol. The molecule has 4 rings (SSSR count). The third kappa shape index (κ3) is 4.04. The molecule has 0 aliphatic carbocycles. The molecule has 1 N–H and O–H groups in total. The average molecular weight is 454 g/mol. The quantitative estimate of drug-likeness (QED) is 0.645. The van der Waals surface area contributed by atoms with Crippen molar-refractivity contribution in [3.8, 4) is 0 Å². The highest BCUT2D eigenvalue weighted by molar-refractivity contribution is 7.16. The van der Waals surface area contributed by atoms with E-state index in [0.29, 0.717) is 22.5 Å². The summed E-state index contributed by atoms with van der Waals surface area (Å²) in [5, 5.41) is 8.03. The maximum Gasteiger partial charge on any atom is 0.443 e. The number of amides is 1. The Morgan fingerprint density at radius 1 is 1.29 bits per heavy atom. The number of aromatic carboxylic acids is 1. The van der Waals surface area contributed by atoms with Crippen LogP contribution in [0.4, 0.5) is 18.2 Å². The van der Waals surface area contributed by atoms with Crippen molar-refractivity contribution in [2.24, 2.45) is 0 Å². The third-order valence-corrected chi connectivity index (χ3v) is 6.13. The van der Waals surface area contributed by atoms with Gasteiger partial charge in [-0.15, -0.1) is 0 Å². The van der Waals surface area contributed by atoms with Crippen molar-refractivity contribution in [3.63, 3.8) is 0 Å². The molecule has 3 aromatic rings. The number of halogens is 3. The summed E-state index contributed by atoms with van der Waals surface area (Å²) < 4.78 is 40.7. The smallest absolute Gasteiger partial charge is 0.443 e. The van der Waals surface area contributed by atoms with Gasteiger partial charge < -0.3 is 19.5 Å². The molecule has 0 saturated carbocycles. The molecule has 9 nitrogen and oxygen atoms in total. The molecule has 1 saturated heterocycles. The first kappa shape index (κ1) is 21.0. The number of pyridine rings is 1. The van der Waals surface area contributed by atoms with Gasteiger partial charge in [0.15, 0.2) is 11.3 Å². The number of nitrogens with zero attached hydrogens (tertiary/aromatic N) is 6. The molecule has 0 unspecified atom stereocenters. The largest absolute Gasteiger partial charge is 0.476 e. The molecule has 1 amide bonds. The summed E-state index contributed by atoms with van der Waals surface area (Å²) in [5.41, 5.74) is 0.623. The second kappa shape index (κ2) is 7.80. The zero-order valence-electron chi connectivity index (χ0n) is 16.2. The van der Waals surface area contributed by atoms with Crippen LogP contribution in [-0.2, 0) is 17.5 Å². The van der Waals surface area contributed by atoms with E-state index in [1.165, 1.54) is 6.33 Å². The summed E-state index contributed by atoms with van der Waals surface area (Å²) in [7, 11) is 0. The monoisotopic (exact) mass is 454 g/mol. The van der Waals surface area contributed by atoms with Gasteiger partial charge in [-0.2, -0.15) is 13.2 Å². The Morgan fingerprint density at radius 3 is 2.74 bits per heavy atom. The zero-order chi connectivity index (χ0) is 22.3. The fourth-order valence-corrected chi connectivity index (χ4v) is 4.51. The maximum absolute atomic E-state index is 13.0. The summed E-state index contributed by atoms with van der Waals surface area (Å²) in [4.78, 5) is 39.1. The van der Waals surface area contributed by atoms with E-state index in [-0.39, 0.29) is 43.1 Å². The predicted molar refractivity (Wildman–Crippen MR) is 105 cm³/mol. The molecule has 31 heavy (non-hydrogen) atoms. The number of thiazole rings is 1. The summed E-state index contributed by atoms with van der Waals surface area (Å²) in [6.07, 6.45) is -1.58. The lowest BCUT2D eigenvalue weighted by Gasteiger charge is -2.40. The number of imidazole rings is 1. The van der Waals surface area contributed by atoms with E-state index in [2.05, 4.69) is 15.0 Å². The fraction of sp³-hybridized carbons (Fsp3) is 0.389. The van der Waals surface area contributed by atoms with Gasteiger partial charge in [-0.3, -0.25) is 4.79 Å². The lowest BCUT2D eigenvalue weighted by Crippen LogP contribution is -2.54. The number of hydrogen-bond acceptors (Lipinski definition) is 7. The van der Waals surface area contributed by atoms with Gasteiger partial charge in [0, 0.05) is 31.9 Å². The number of anilines is 1. The van der Waals surface area contributed by atoms with Crippen LogP contribution in [0.1, 0.15) is 22.4 Å². The maximum atomic E-state index is 13.0. The standard InChI is InChI=1S/C18H17F3N6O3S/c1-10-7-25(15-13(16(29)30)24-17(31-15)18(19,20)21)5-6-27(10)12(28)8-26-9-23-11-3-2-4-22-14(11)26/h2-4,9-10H,5-8H2,1H3,(H,29,30)/t10-/m1/s1. The van der Waals surface area contributed by atoms with Gasteiger partial charge in [-0.25, -0.2) is 19.7 Å². The summed E-state index contributed by atoms with van der Waals surface area (Å²) >= 11 is 0.303. The normalized spacial score (nSPS) is 17.4. The van der Waals surface area contributed by atoms with Crippen molar-refractivity contribution in [2.75, 3.05) is 24.5 Å². The van der Waals surface area contributed by atoms with Crippen LogP contribution in [0, 0.1) is 0 Å². The number of hydrogen-bond donors (Lipinski definition) is 1. The van der Waals surface area contributed by atoms with Crippen LogP contribution in [0.25, 0.3) is 11.2 Å². The molecule has 3 aromatic heterocycles. The van der Waals surface area contributed by atoms with E-state index in [1.807, 2.05) is 0 Å². The molecule has 4 heterocycles. The Kier molecular flexibility index (Phi) is 5.29. The fourth-order valence-electron chi connectivity index (χ4n) is 3.55. The van der Waals surface area contributed by atoms with E-state index in [9.17, 15) is 27.9 Å². The number of carboxylic acid groups (broad SMARTS) is 1. The minimum atomic E-state index is -4.72. The molecule has 1 aliphatic rings. The van der Waals surface area contributed by atoms with E-state index in [0.717, 1.165) is 0 Å². The van der Waals surface area contributed by atoms with Crippen molar-refractivity contribution in [1.82, 2.24) is 24.4 Å². The Balaban J connectivity index is 1.49. The number of piperazine rings is 1. The van der Waals surface area contributed by atoms with Gasteiger partial charge >= 0.3 is 12.1 Å². The minimum absolute atomic E-state index is 0.0248.